The molecular weight excluding hydrogens is 468 g/mol. The summed E-state index contributed by atoms with van der Waals surface area (Å²) >= 11 is 9.36. The number of rotatable bonds is 4. The molecule has 2 aromatic rings. The van der Waals surface area contributed by atoms with Crippen LogP contribution in [0.25, 0.3) is 0 Å². The first-order valence-corrected chi connectivity index (χ1v) is 10.9. The summed E-state index contributed by atoms with van der Waals surface area (Å²) in [5.41, 5.74) is 2.27. The van der Waals surface area contributed by atoms with Gasteiger partial charge in [0.15, 0.2) is 0 Å². The highest BCUT2D eigenvalue weighted by Crippen LogP contribution is 2.39. The molecule has 2 aromatic carbocycles. The summed E-state index contributed by atoms with van der Waals surface area (Å²) in [6.07, 6.45) is 3.09. The van der Waals surface area contributed by atoms with Gasteiger partial charge in [0.1, 0.15) is 0 Å². The van der Waals surface area contributed by atoms with Crippen LogP contribution in [0.2, 0.25) is 5.02 Å². The van der Waals surface area contributed by atoms with Gasteiger partial charge in [-0.15, -0.1) is 0 Å². The average molecular weight is 488 g/mol. The lowest BCUT2D eigenvalue weighted by Crippen LogP contribution is -2.49. The summed E-state index contributed by atoms with van der Waals surface area (Å²) in [5, 5.41) is 2.85. The monoisotopic (exact) mass is 486 g/mol. The molecule has 4 rings (SSSR count). The number of carbonyl (C=O) groups excluding carboxylic acids is 3. The lowest BCUT2D eigenvalue weighted by molar-refractivity contribution is -0.155. The van der Waals surface area contributed by atoms with Crippen LogP contribution < -0.4 is 0 Å². The van der Waals surface area contributed by atoms with Crippen LogP contribution in [-0.2, 0) is 16.1 Å². The highest BCUT2D eigenvalue weighted by molar-refractivity contribution is 9.10. The molecule has 5 nitrogen and oxygen atoms in total. The SMILES string of the molecule is CC1=CC[C@@H]2C(=O)N(N(Cc3ccc(Br)cc3)C(=O)c3ccc(Cl)cc3)C(=O)[C@@H]2C1. The van der Waals surface area contributed by atoms with Gasteiger partial charge >= 0.3 is 0 Å². The number of carbonyl (C=O) groups is 3. The first-order valence-electron chi connectivity index (χ1n) is 9.70. The Labute approximate surface area is 188 Å². The summed E-state index contributed by atoms with van der Waals surface area (Å²) in [7, 11) is 0. The van der Waals surface area contributed by atoms with Crippen LogP contribution in [0.4, 0.5) is 0 Å². The molecular formula is C23H20BrClN2O3. The molecule has 3 amide bonds. The van der Waals surface area contributed by atoms with Gasteiger partial charge in [-0.05, 0) is 61.7 Å². The Morgan fingerprint density at radius 2 is 1.70 bits per heavy atom. The number of nitrogens with zero attached hydrogens (tertiary/aromatic N) is 2. The van der Waals surface area contributed by atoms with Crippen molar-refractivity contribution in [2.24, 2.45) is 11.8 Å². The number of hydrazine groups is 1. The fourth-order valence-electron chi connectivity index (χ4n) is 4.00. The zero-order chi connectivity index (χ0) is 21.4. The third kappa shape index (κ3) is 3.94. The zero-order valence-electron chi connectivity index (χ0n) is 16.3. The molecule has 0 unspecified atom stereocenters. The van der Waals surface area contributed by atoms with Crippen LogP contribution >= 0.6 is 27.5 Å². The van der Waals surface area contributed by atoms with Crippen molar-refractivity contribution in [3.05, 3.63) is 80.8 Å². The first kappa shape index (κ1) is 20.8. The predicted molar refractivity (Wildman–Crippen MR) is 117 cm³/mol. The largest absolute Gasteiger partial charge is 0.273 e. The van der Waals surface area contributed by atoms with E-state index in [-0.39, 0.29) is 18.4 Å². The molecule has 30 heavy (non-hydrogen) atoms. The number of benzene rings is 2. The van der Waals surface area contributed by atoms with Gasteiger partial charge in [-0.25, -0.2) is 5.01 Å². The number of amides is 3. The Morgan fingerprint density at radius 1 is 1.07 bits per heavy atom. The highest BCUT2D eigenvalue weighted by atomic mass is 79.9. The van der Waals surface area contributed by atoms with Crippen LogP contribution in [0, 0.1) is 11.8 Å². The van der Waals surface area contributed by atoms with Crippen molar-refractivity contribution in [2.75, 3.05) is 0 Å². The fourth-order valence-corrected chi connectivity index (χ4v) is 4.39. The topological polar surface area (TPSA) is 57.7 Å². The second kappa shape index (κ2) is 8.36. The van der Waals surface area contributed by atoms with Crippen molar-refractivity contribution in [3.8, 4) is 0 Å². The number of allylic oxidation sites excluding steroid dienone is 2. The van der Waals surface area contributed by atoms with E-state index in [2.05, 4.69) is 15.9 Å². The lowest BCUT2D eigenvalue weighted by Gasteiger charge is -2.30. The Bertz CT molecular complexity index is 1030. The minimum absolute atomic E-state index is 0.109. The molecule has 7 heteroatoms. The van der Waals surface area contributed by atoms with Crippen LogP contribution in [0.3, 0.4) is 0 Å². The van der Waals surface area contributed by atoms with Crippen LogP contribution in [0.5, 0.6) is 0 Å². The molecule has 1 heterocycles. The molecule has 0 bridgehead atoms. The second-order valence-electron chi connectivity index (χ2n) is 7.69. The van der Waals surface area contributed by atoms with Gasteiger partial charge in [-0.1, -0.05) is 51.3 Å². The Kier molecular flexibility index (Phi) is 5.80. The van der Waals surface area contributed by atoms with E-state index in [9.17, 15) is 14.4 Å². The average Bonchev–Trinajstić information content (AvgIpc) is 2.97. The van der Waals surface area contributed by atoms with Crippen LogP contribution in [0.15, 0.2) is 64.7 Å². The number of hydrogen-bond acceptors (Lipinski definition) is 3. The van der Waals surface area contributed by atoms with Crippen molar-refractivity contribution in [1.29, 1.82) is 0 Å². The van der Waals surface area contributed by atoms with Gasteiger partial charge < -0.3 is 0 Å². The maximum atomic E-state index is 13.4. The number of fused-ring (bicyclic) bond motifs is 1. The molecule has 1 saturated heterocycles. The summed E-state index contributed by atoms with van der Waals surface area (Å²) in [6, 6.07) is 13.9. The number of imide groups is 1. The van der Waals surface area contributed by atoms with Gasteiger partial charge in [0.05, 0.1) is 18.4 Å². The first-order chi connectivity index (χ1) is 14.3. The van der Waals surface area contributed by atoms with Crippen molar-refractivity contribution in [2.45, 2.75) is 26.3 Å². The summed E-state index contributed by atoms with van der Waals surface area (Å²) in [5.74, 6) is -1.86. The predicted octanol–water partition coefficient (Wildman–Crippen LogP) is 5.00. The van der Waals surface area contributed by atoms with E-state index < -0.39 is 17.7 Å². The second-order valence-corrected chi connectivity index (χ2v) is 9.04. The summed E-state index contributed by atoms with van der Waals surface area (Å²) in [4.78, 5) is 39.8. The van der Waals surface area contributed by atoms with Crippen molar-refractivity contribution >= 4 is 45.3 Å². The van der Waals surface area contributed by atoms with Crippen LogP contribution in [-0.4, -0.2) is 27.7 Å². The lowest BCUT2D eigenvalue weighted by atomic mass is 9.82. The Balaban J connectivity index is 1.70. The molecule has 0 spiro atoms. The van der Waals surface area contributed by atoms with E-state index in [1.165, 1.54) is 5.01 Å². The summed E-state index contributed by atoms with van der Waals surface area (Å²) < 4.78 is 0.905. The Hall–Kier alpha value is -2.44. The van der Waals surface area contributed by atoms with Gasteiger partial charge in [0.25, 0.3) is 17.7 Å². The van der Waals surface area contributed by atoms with E-state index in [0.717, 1.165) is 20.6 Å². The Morgan fingerprint density at radius 3 is 2.37 bits per heavy atom. The van der Waals surface area contributed by atoms with E-state index >= 15 is 0 Å². The molecule has 0 saturated carbocycles. The molecule has 2 aliphatic rings. The van der Waals surface area contributed by atoms with Gasteiger partial charge in [0.2, 0.25) is 0 Å². The van der Waals surface area contributed by atoms with Gasteiger partial charge in [-0.2, -0.15) is 5.01 Å². The normalized spacial score (nSPS) is 20.8. The third-order valence-corrected chi connectivity index (χ3v) is 6.39. The maximum absolute atomic E-state index is 13.4. The smallest absolute Gasteiger partial charge is 0.272 e. The molecule has 0 radical (unpaired) electrons. The minimum atomic E-state index is -0.417. The maximum Gasteiger partial charge on any atom is 0.273 e. The summed E-state index contributed by atoms with van der Waals surface area (Å²) in [6.45, 7) is 2.08. The quantitative estimate of drug-likeness (QED) is 0.450. The van der Waals surface area contributed by atoms with Gasteiger partial charge in [-0.3, -0.25) is 14.4 Å². The van der Waals surface area contributed by atoms with Gasteiger partial charge in [0, 0.05) is 15.1 Å². The van der Waals surface area contributed by atoms with Crippen LogP contribution in [0.1, 0.15) is 35.7 Å². The molecule has 0 N–H and O–H groups in total. The minimum Gasteiger partial charge on any atom is -0.272 e. The number of hydrogen-bond donors (Lipinski definition) is 0. The molecule has 1 fully saturated rings. The number of halogens is 2. The van der Waals surface area contributed by atoms with Crippen molar-refractivity contribution < 1.29 is 14.4 Å². The third-order valence-electron chi connectivity index (χ3n) is 5.61. The zero-order valence-corrected chi connectivity index (χ0v) is 18.7. The fraction of sp³-hybridized carbons (Fsp3) is 0.261. The van der Waals surface area contributed by atoms with Crippen molar-refractivity contribution in [1.82, 2.24) is 10.0 Å². The highest BCUT2D eigenvalue weighted by Gasteiger charge is 2.51. The van der Waals surface area contributed by atoms with E-state index in [1.807, 2.05) is 37.3 Å². The molecule has 154 valence electrons. The van der Waals surface area contributed by atoms with E-state index in [1.54, 1.807) is 24.3 Å². The van der Waals surface area contributed by atoms with E-state index in [4.69, 9.17) is 11.6 Å². The molecule has 0 aromatic heterocycles. The standard InChI is InChI=1S/C23H20BrClN2O3/c1-14-2-11-19-20(12-14)23(30)27(22(19)29)26(13-15-3-7-17(24)8-4-15)21(28)16-5-9-18(25)10-6-16/h2-10,19-20H,11-13H2,1H3/t19-,20+/m0/s1. The molecule has 1 aliphatic carbocycles. The van der Waals surface area contributed by atoms with E-state index in [0.29, 0.717) is 23.4 Å². The molecule has 1 aliphatic heterocycles. The molecule has 2 atom stereocenters. The van der Waals surface area contributed by atoms with Crippen molar-refractivity contribution in [3.63, 3.8) is 0 Å².